The average Bonchev–Trinajstić information content (AvgIpc) is 3.11. The maximum Gasteiger partial charge on any atom is 0.267 e. The summed E-state index contributed by atoms with van der Waals surface area (Å²) in [5, 5.41) is 7.04. The van der Waals surface area contributed by atoms with Crippen molar-refractivity contribution in [3.63, 3.8) is 0 Å². The molecule has 0 aliphatic carbocycles. The molecule has 0 radical (unpaired) electrons. The molecule has 0 atom stereocenters. The predicted octanol–water partition coefficient (Wildman–Crippen LogP) is 4.41. The Labute approximate surface area is 151 Å². The first-order chi connectivity index (χ1) is 12.1. The Morgan fingerprint density at radius 1 is 1.16 bits per heavy atom. The number of nitrogens with zero attached hydrogens (tertiary/aromatic N) is 1. The SMILES string of the molecule is C/C=C(\C)NCCNC(=O)c1cc2ccncc2[nH]1.C/C=C\C.CC. The molecular weight excluding hydrogens is 312 g/mol. The number of amides is 1. The van der Waals surface area contributed by atoms with Gasteiger partial charge >= 0.3 is 0 Å². The molecule has 5 heteroatoms. The smallest absolute Gasteiger partial charge is 0.267 e. The topological polar surface area (TPSA) is 69.8 Å². The van der Waals surface area contributed by atoms with Gasteiger partial charge in [-0.2, -0.15) is 0 Å². The zero-order valence-corrected chi connectivity index (χ0v) is 16.3. The van der Waals surface area contributed by atoms with Gasteiger partial charge in [-0.3, -0.25) is 9.78 Å². The van der Waals surface area contributed by atoms with Gasteiger partial charge in [0.05, 0.1) is 11.7 Å². The molecule has 0 aliphatic heterocycles. The van der Waals surface area contributed by atoms with Crippen molar-refractivity contribution in [1.29, 1.82) is 0 Å². The summed E-state index contributed by atoms with van der Waals surface area (Å²) in [6.45, 7) is 13.3. The van der Waals surface area contributed by atoms with Crippen LogP contribution in [0.25, 0.3) is 10.9 Å². The molecule has 0 aromatic carbocycles. The summed E-state index contributed by atoms with van der Waals surface area (Å²) in [7, 11) is 0. The lowest BCUT2D eigenvalue weighted by molar-refractivity contribution is 0.0950. The second-order valence-corrected chi connectivity index (χ2v) is 4.97. The van der Waals surface area contributed by atoms with Crippen molar-refractivity contribution in [2.24, 2.45) is 0 Å². The van der Waals surface area contributed by atoms with Crippen LogP contribution in [0.5, 0.6) is 0 Å². The molecule has 0 bridgehead atoms. The summed E-state index contributed by atoms with van der Waals surface area (Å²) < 4.78 is 0. The van der Waals surface area contributed by atoms with Crippen LogP contribution in [0.3, 0.4) is 0 Å². The Balaban J connectivity index is 0.000000845. The number of pyridine rings is 1. The van der Waals surface area contributed by atoms with Gasteiger partial charge in [-0.25, -0.2) is 0 Å². The number of aromatic nitrogens is 2. The van der Waals surface area contributed by atoms with E-state index in [9.17, 15) is 4.79 Å². The fourth-order valence-corrected chi connectivity index (χ4v) is 1.73. The first-order valence-electron chi connectivity index (χ1n) is 8.77. The molecule has 2 aromatic rings. The van der Waals surface area contributed by atoms with Crippen LogP contribution in [0.15, 0.2) is 48.5 Å². The van der Waals surface area contributed by atoms with Crippen LogP contribution in [-0.4, -0.2) is 29.0 Å². The Morgan fingerprint density at radius 3 is 2.36 bits per heavy atom. The molecule has 138 valence electrons. The molecule has 2 aromatic heterocycles. The fraction of sp³-hybridized carbons (Fsp3) is 0.400. The predicted molar refractivity (Wildman–Crippen MR) is 108 cm³/mol. The first-order valence-corrected chi connectivity index (χ1v) is 8.77. The number of carbonyl (C=O) groups is 1. The average molecular weight is 345 g/mol. The van der Waals surface area contributed by atoms with Crippen molar-refractivity contribution in [2.75, 3.05) is 13.1 Å². The molecule has 0 saturated carbocycles. The molecule has 2 rings (SSSR count). The molecule has 0 fully saturated rings. The monoisotopic (exact) mass is 344 g/mol. The number of aromatic amines is 1. The molecule has 25 heavy (non-hydrogen) atoms. The van der Waals surface area contributed by atoms with Gasteiger partial charge in [0.2, 0.25) is 0 Å². The Morgan fingerprint density at radius 2 is 1.80 bits per heavy atom. The summed E-state index contributed by atoms with van der Waals surface area (Å²) in [5.74, 6) is -0.101. The van der Waals surface area contributed by atoms with Crippen LogP contribution >= 0.6 is 0 Å². The van der Waals surface area contributed by atoms with Crippen molar-refractivity contribution < 1.29 is 4.79 Å². The Hall–Kier alpha value is -2.56. The third-order valence-corrected chi connectivity index (χ3v) is 3.25. The van der Waals surface area contributed by atoms with Gasteiger partial charge in [-0.15, -0.1) is 0 Å². The number of hydrogen-bond acceptors (Lipinski definition) is 3. The van der Waals surface area contributed by atoms with Crippen molar-refractivity contribution in [1.82, 2.24) is 20.6 Å². The lowest BCUT2D eigenvalue weighted by Gasteiger charge is -2.06. The quantitative estimate of drug-likeness (QED) is 0.555. The first kappa shape index (κ1) is 22.4. The molecule has 1 amide bonds. The van der Waals surface area contributed by atoms with Gasteiger partial charge in [-0.1, -0.05) is 32.1 Å². The normalized spacial score (nSPS) is 10.6. The van der Waals surface area contributed by atoms with Crippen LogP contribution in [0.4, 0.5) is 0 Å². The molecule has 5 nitrogen and oxygen atoms in total. The van der Waals surface area contributed by atoms with Crippen molar-refractivity contribution >= 4 is 16.8 Å². The standard InChI is InChI=1S/C14H18N4O.C4H8.C2H6/c1-3-10(2)16-6-7-17-14(19)12-8-11-4-5-15-9-13(11)18-12;1-3-4-2;1-2/h3-5,8-9,16,18H,6-7H2,1-2H3,(H,17,19);3-4H,1-2H3;1-2H3/b10-3+;4-3-;. The lowest BCUT2D eigenvalue weighted by atomic mass is 10.3. The van der Waals surface area contributed by atoms with Gasteiger partial charge in [0.25, 0.3) is 5.91 Å². The molecule has 2 heterocycles. The van der Waals surface area contributed by atoms with Gasteiger partial charge in [0, 0.05) is 30.4 Å². The zero-order valence-electron chi connectivity index (χ0n) is 16.3. The number of rotatable bonds is 5. The molecule has 3 N–H and O–H groups in total. The lowest BCUT2D eigenvalue weighted by Crippen LogP contribution is -2.31. The third-order valence-electron chi connectivity index (χ3n) is 3.25. The Bertz CT molecular complexity index is 634. The van der Waals surface area contributed by atoms with Crippen LogP contribution in [0.2, 0.25) is 0 Å². The largest absolute Gasteiger partial charge is 0.387 e. The highest BCUT2D eigenvalue weighted by atomic mass is 16.1. The Kier molecular flexibility index (Phi) is 12.4. The summed E-state index contributed by atoms with van der Waals surface area (Å²) in [5.41, 5.74) is 2.53. The van der Waals surface area contributed by atoms with E-state index in [1.54, 1.807) is 12.4 Å². The fourth-order valence-electron chi connectivity index (χ4n) is 1.73. The van der Waals surface area contributed by atoms with Crippen LogP contribution in [-0.2, 0) is 0 Å². The minimum Gasteiger partial charge on any atom is -0.387 e. The molecular formula is C20H32N4O. The van der Waals surface area contributed by atoms with Crippen molar-refractivity contribution in [3.8, 4) is 0 Å². The maximum absolute atomic E-state index is 11.9. The van der Waals surface area contributed by atoms with E-state index in [1.807, 2.05) is 71.9 Å². The van der Waals surface area contributed by atoms with E-state index >= 15 is 0 Å². The molecule has 0 unspecified atom stereocenters. The van der Waals surface area contributed by atoms with E-state index < -0.39 is 0 Å². The number of fused-ring (bicyclic) bond motifs is 1. The van der Waals surface area contributed by atoms with Crippen molar-refractivity contribution in [2.45, 2.75) is 41.5 Å². The summed E-state index contributed by atoms with van der Waals surface area (Å²) in [6.07, 6.45) is 9.41. The van der Waals surface area contributed by atoms with E-state index in [0.29, 0.717) is 18.8 Å². The van der Waals surface area contributed by atoms with E-state index in [1.165, 1.54) is 0 Å². The number of nitrogens with one attached hydrogen (secondary N) is 3. The molecule has 0 aliphatic rings. The minimum absolute atomic E-state index is 0.101. The van der Waals surface area contributed by atoms with Crippen LogP contribution in [0, 0.1) is 0 Å². The van der Waals surface area contributed by atoms with Crippen molar-refractivity contribution in [3.05, 3.63) is 54.1 Å². The highest BCUT2D eigenvalue weighted by Crippen LogP contribution is 2.12. The summed E-state index contributed by atoms with van der Waals surface area (Å²) in [4.78, 5) is 19.0. The van der Waals surface area contributed by atoms with Gasteiger partial charge in [0.15, 0.2) is 0 Å². The summed E-state index contributed by atoms with van der Waals surface area (Å²) in [6, 6.07) is 3.70. The van der Waals surface area contributed by atoms with Gasteiger partial charge < -0.3 is 15.6 Å². The minimum atomic E-state index is -0.101. The second kappa shape index (κ2) is 13.8. The van der Waals surface area contributed by atoms with Crippen LogP contribution < -0.4 is 10.6 Å². The highest BCUT2D eigenvalue weighted by Gasteiger charge is 2.08. The number of H-pyrrole nitrogens is 1. The third kappa shape index (κ3) is 8.74. The second-order valence-electron chi connectivity index (χ2n) is 4.97. The zero-order chi connectivity index (χ0) is 19.1. The van der Waals surface area contributed by atoms with E-state index in [4.69, 9.17) is 0 Å². The van der Waals surface area contributed by atoms with E-state index in [2.05, 4.69) is 20.6 Å². The summed E-state index contributed by atoms with van der Waals surface area (Å²) >= 11 is 0. The van der Waals surface area contributed by atoms with E-state index in [-0.39, 0.29) is 5.91 Å². The van der Waals surface area contributed by atoms with Crippen LogP contribution in [0.1, 0.15) is 52.0 Å². The molecule has 0 saturated heterocycles. The van der Waals surface area contributed by atoms with Gasteiger partial charge in [0.1, 0.15) is 5.69 Å². The number of hydrogen-bond donors (Lipinski definition) is 3. The van der Waals surface area contributed by atoms with Gasteiger partial charge in [-0.05, 0) is 39.8 Å². The number of carbonyl (C=O) groups excluding carboxylic acids is 1. The maximum atomic E-state index is 11.9. The van der Waals surface area contributed by atoms with E-state index in [0.717, 1.165) is 16.6 Å². The highest BCUT2D eigenvalue weighted by molar-refractivity contribution is 5.97. The molecule has 0 spiro atoms. The number of allylic oxidation sites excluding steroid dienone is 4.